The molecule has 0 aliphatic rings. The first-order chi connectivity index (χ1) is 15.6. The number of thiophene rings is 1. The molecule has 0 unspecified atom stereocenters. The molecule has 3 nitrogen and oxygen atoms in total. The molecular formula is C28H24N3S+. The Morgan fingerprint density at radius 3 is 2.50 bits per heavy atom. The van der Waals surface area contributed by atoms with Gasteiger partial charge in [-0.15, -0.1) is 11.3 Å². The molecule has 0 saturated heterocycles. The Balaban J connectivity index is 1.79. The molecule has 3 aromatic heterocycles. The number of fused-ring (bicyclic) bond motifs is 4. The van der Waals surface area contributed by atoms with E-state index in [4.69, 9.17) is 0 Å². The molecule has 0 atom stereocenters. The van der Waals surface area contributed by atoms with Crippen molar-refractivity contribution in [2.45, 2.75) is 20.8 Å². The van der Waals surface area contributed by atoms with E-state index in [-0.39, 0.29) is 0 Å². The van der Waals surface area contributed by atoms with Crippen LogP contribution in [0.2, 0.25) is 0 Å². The van der Waals surface area contributed by atoms with E-state index in [0.717, 1.165) is 11.4 Å². The fraction of sp³-hybridized carbons (Fsp3) is 0.143. The van der Waals surface area contributed by atoms with Crippen molar-refractivity contribution in [2.75, 3.05) is 0 Å². The van der Waals surface area contributed by atoms with Gasteiger partial charge in [0.2, 0.25) is 0 Å². The van der Waals surface area contributed by atoms with E-state index in [9.17, 15) is 0 Å². The number of hydrogen-bond acceptors (Lipinski definition) is 2. The maximum absolute atomic E-state index is 4.47. The van der Waals surface area contributed by atoms with Gasteiger partial charge in [-0.3, -0.25) is 4.98 Å². The van der Waals surface area contributed by atoms with E-state index in [2.05, 4.69) is 103 Å². The van der Waals surface area contributed by atoms with E-state index in [1.54, 1.807) is 0 Å². The summed E-state index contributed by atoms with van der Waals surface area (Å²) < 4.78 is 7.44. The molecule has 0 saturated carbocycles. The molecule has 4 heteroatoms. The molecule has 0 N–H and O–H groups in total. The van der Waals surface area contributed by atoms with Crippen LogP contribution in [0.1, 0.15) is 16.7 Å². The first kappa shape index (κ1) is 19.2. The van der Waals surface area contributed by atoms with E-state index in [0.29, 0.717) is 0 Å². The van der Waals surface area contributed by atoms with Crippen LogP contribution in [0.15, 0.2) is 73.1 Å². The lowest BCUT2D eigenvalue weighted by Gasteiger charge is -2.12. The molecule has 0 radical (unpaired) electrons. The average Bonchev–Trinajstić information content (AvgIpc) is 3.31. The first-order valence-corrected chi connectivity index (χ1v) is 11.7. The molecule has 0 aliphatic carbocycles. The number of para-hydroxylation sites is 2. The fourth-order valence-electron chi connectivity index (χ4n) is 5.06. The van der Waals surface area contributed by atoms with Gasteiger partial charge in [0.05, 0.1) is 12.6 Å². The maximum Gasteiger partial charge on any atom is 0.296 e. The van der Waals surface area contributed by atoms with Gasteiger partial charge in [0.15, 0.2) is 11.0 Å². The van der Waals surface area contributed by atoms with Crippen molar-refractivity contribution >= 4 is 42.5 Å². The Hall–Kier alpha value is -3.50. The number of aryl methyl sites for hydroxylation is 4. The van der Waals surface area contributed by atoms with Crippen LogP contribution in [-0.2, 0) is 7.05 Å². The van der Waals surface area contributed by atoms with Crippen molar-refractivity contribution in [3.63, 3.8) is 0 Å². The number of pyridine rings is 1. The van der Waals surface area contributed by atoms with Crippen LogP contribution < -0.4 is 4.57 Å². The summed E-state index contributed by atoms with van der Waals surface area (Å²) in [5, 5.41) is 2.70. The van der Waals surface area contributed by atoms with Crippen LogP contribution in [0.25, 0.3) is 48.3 Å². The van der Waals surface area contributed by atoms with E-state index in [1.165, 1.54) is 53.6 Å². The number of aromatic nitrogens is 3. The zero-order valence-electron chi connectivity index (χ0n) is 18.7. The van der Waals surface area contributed by atoms with Crippen LogP contribution >= 0.6 is 11.3 Å². The largest absolute Gasteiger partial charge is 0.296 e. The van der Waals surface area contributed by atoms with Crippen molar-refractivity contribution in [3.8, 4) is 17.1 Å². The number of nitrogens with zero attached hydrogens (tertiary/aromatic N) is 3. The van der Waals surface area contributed by atoms with Gasteiger partial charge in [0.25, 0.3) is 5.82 Å². The Morgan fingerprint density at radius 2 is 1.66 bits per heavy atom. The van der Waals surface area contributed by atoms with Crippen molar-refractivity contribution in [3.05, 3.63) is 89.7 Å². The Kier molecular flexibility index (Phi) is 4.21. The average molecular weight is 435 g/mol. The molecule has 0 bridgehead atoms. The Bertz CT molecular complexity index is 1670. The summed E-state index contributed by atoms with van der Waals surface area (Å²) in [6, 6.07) is 21.8. The predicted molar refractivity (Wildman–Crippen MR) is 135 cm³/mol. The van der Waals surface area contributed by atoms with Gasteiger partial charge >= 0.3 is 0 Å². The third-order valence-corrected chi connectivity index (χ3v) is 7.89. The minimum atomic E-state index is 1.15. The SMILES string of the molecule is Cc1ccncc1-c1n(-c2c(C)cc3c(sc4ccccc43)c2C)c2ccccc2[n+]1C. The highest BCUT2D eigenvalue weighted by molar-refractivity contribution is 7.26. The van der Waals surface area contributed by atoms with Gasteiger partial charge < -0.3 is 0 Å². The lowest BCUT2D eigenvalue weighted by atomic mass is 10.0. The monoisotopic (exact) mass is 434 g/mol. The quantitative estimate of drug-likeness (QED) is 0.274. The molecular weight excluding hydrogens is 410 g/mol. The molecule has 0 aliphatic heterocycles. The number of imidazole rings is 1. The molecule has 156 valence electrons. The van der Waals surface area contributed by atoms with Crippen LogP contribution in [0, 0.1) is 20.8 Å². The van der Waals surface area contributed by atoms with Gasteiger partial charge in [0, 0.05) is 38.1 Å². The highest BCUT2D eigenvalue weighted by Gasteiger charge is 2.29. The minimum absolute atomic E-state index is 1.15. The highest BCUT2D eigenvalue weighted by Crippen LogP contribution is 2.41. The standard InChI is InChI=1S/C28H24N3S/c1-17-13-14-29-16-22(17)28-30(4)23-10-6-7-11-24(23)31(28)26-18(2)15-21-20-9-5-8-12-25(20)32-27(21)19(26)3/h5-16H,1-4H3/q+1. The van der Waals surface area contributed by atoms with E-state index >= 15 is 0 Å². The van der Waals surface area contributed by atoms with Crippen LogP contribution in [0.5, 0.6) is 0 Å². The van der Waals surface area contributed by atoms with Gasteiger partial charge in [-0.2, -0.15) is 4.57 Å². The van der Waals surface area contributed by atoms with Gasteiger partial charge in [-0.1, -0.05) is 30.3 Å². The molecule has 0 spiro atoms. The third kappa shape index (κ3) is 2.59. The molecule has 32 heavy (non-hydrogen) atoms. The maximum atomic E-state index is 4.47. The number of rotatable bonds is 2. The third-order valence-electron chi connectivity index (χ3n) is 6.58. The summed E-state index contributed by atoms with van der Waals surface area (Å²) >= 11 is 1.89. The van der Waals surface area contributed by atoms with Crippen LogP contribution in [0.3, 0.4) is 0 Å². The molecule has 3 aromatic carbocycles. The van der Waals surface area contributed by atoms with Crippen molar-refractivity contribution in [1.82, 2.24) is 9.55 Å². The molecule has 6 rings (SSSR count). The highest BCUT2D eigenvalue weighted by atomic mass is 32.1. The Labute approximate surface area is 191 Å². The summed E-state index contributed by atoms with van der Waals surface area (Å²) in [6.07, 6.45) is 3.86. The summed E-state index contributed by atoms with van der Waals surface area (Å²) in [7, 11) is 2.16. The molecule has 3 heterocycles. The summed E-state index contributed by atoms with van der Waals surface area (Å²) in [4.78, 5) is 4.47. The second-order valence-electron chi connectivity index (χ2n) is 8.54. The zero-order chi connectivity index (χ0) is 22.0. The van der Waals surface area contributed by atoms with Crippen molar-refractivity contribution < 1.29 is 4.57 Å². The van der Waals surface area contributed by atoms with Crippen molar-refractivity contribution in [2.24, 2.45) is 7.05 Å². The number of benzene rings is 3. The lowest BCUT2D eigenvalue weighted by Crippen LogP contribution is -2.30. The smallest absolute Gasteiger partial charge is 0.264 e. The van der Waals surface area contributed by atoms with Crippen LogP contribution in [0.4, 0.5) is 0 Å². The van der Waals surface area contributed by atoms with Gasteiger partial charge in [-0.05, 0) is 62.2 Å². The molecule has 0 amide bonds. The molecule has 0 fully saturated rings. The summed E-state index contributed by atoms with van der Waals surface area (Å²) in [5.41, 5.74) is 8.66. The minimum Gasteiger partial charge on any atom is -0.264 e. The zero-order valence-corrected chi connectivity index (χ0v) is 19.5. The first-order valence-electron chi connectivity index (χ1n) is 10.9. The number of hydrogen-bond donors (Lipinski definition) is 0. The van der Waals surface area contributed by atoms with Crippen LogP contribution in [-0.4, -0.2) is 9.55 Å². The van der Waals surface area contributed by atoms with Gasteiger partial charge in [-0.25, -0.2) is 4.57 Å². The summed E-state index contributed by atoms with van der Waals surface area (Å²) in [5.74, 6) is 1.16. The summed E-state index contributed by atoms with van der Waals surface area (Å²) in [6.45, 7) is 6.67. The second-order valence-corrected chi connectivity index (χ2v) is 9.59. The van der Waals surface area contributed by atoms with Crippen molar-refractivity contribution in [1.29, 1.82) is 0 Å². The topological polar surface area (TPSA) is 21.7 Å². The normalized spacial score (nSPS) is 11.8. The lowest BCUT2D eigenvalue weighted by molar-refractivity contribution is -0.633. The molecule has 6 aromatic rings. The van der Waals surface area contributed by atoms with Gasteiger partial charge in [0.1, 0.15) is 5.69 Å². The fourth-order valence-corrected chi connectivity index (χ4v) is 6.24. The van der Waals surface area contributed by atoms with E-state index in [1.807, 2.05) is 23.7 Å². The Morgan fingerprint density at radius 1 is 0.875 bits per heavy atom. The predicted octanol–water partition coefficient (Wildman–Crippen LogP) is 6.81. The second kappa shape index (κ2) is 7.01. The van der Waals surface area contributed by atoms with E-state index < -0.39 is 0 Å².